The number of hydrogen-bond acceptors (Lipinski definition) is 4. The third-order valence-electron chi connectivity index (χ3n) is 3.09. The lowest BCUT2D eigenvalue weighted by molar-refractivity contribution is -0.111. The first kappa shape index (κ1) is 14.5. The number of nitrogens with two attached hydrogens (primary N) is 1. The third kappa shape index (κ3) is 3.62. The maximum absolute atomic E-state index is 11.9. The number of carbonyl (C=O) groups excluding carboxylic acids is 1. The molecule has 0 fully saturated rings. The highest BCUT2D eigenvalue weighted by Gasteiger charge is 2.09. The van der Waals surface area contributed by atoms with Crippen LogP contribution in [-0.4, -0.2) is 20.7 Å². The number of carbonyl (C=O) groups is 1. The van der Waals surface area contributed by atoms with E-state index in [1.165, 1.54) is 10.8 Å². The summed E-state index contributed by atoms with van der Waals surface area (Å²) in [6.07, 6.45) is 3.14. The summed E-state index contributed by atoms with van der Waals surface area (Å²) in [5.74, 6) is 0.0478. The van der Waals surface area contributed by atoms with E-state index in [0.29, 0.717) is 0 Å². The van der Waals surface area contributed by atoms with Crippen LogP contribution in [-0.2, 0) is 4.79 Å². The van der Waals surface area contributed by atoms with Crippen molar-refractivity contribution < 1.29 is 4.79 Å². The maximum Gasteiger partial charge on any atom is 0.251 e. The van der Waals surface area contributed by atoms with Gasteiger partial charge in [0.15, 0.2) is 0 Å². The van der Waals surface area contributed by atoms with Gasteiger partial charge in [0.1, 0.15) is 0 Å². The van der Waals surface area contributed by atoms with Gasteiger partial charge in [0.25, 0.3) is 11.9 Å². The van der Waals surface area contributed by atoms with Crippen LogP contribution in [0.1, 0.15) is 5.56 Å². The van der Waals surface area contributed by atoms with Crippen LogP contribution in [0.15, 0.2) is 66.7 Å². The summed E-state index contributed by atoms with van der Waals surface area (Å²) < 4.78 is 1.47. The van der Waals surface area contributed by atoms with Crippen molar-refractivity contribution in [2.45, 2.75) is 0 Å². The van der Waals surface area contributed by atoms with Crippen LogP contribution in [0.3, 0.4) is 0 Å². The lowest BCUT2D eigenvalue weighted by Crippen LogP contribution is -2.09. The fraction of sp³-hybridized carbons (Fsp3) is 0. The van der Waals surface area contributed by atoms with Crippen molar-refractivity contribution in [3.05, 3.63) is 72.3 Å². The summed E-state index contributed by atoms with van der Waals surface area (Å²) in [4.78, 5) is 16.0. The Morgan fingerprint density at radius 1 is 1.04 bits per heavy atom. The maximum atomic E-state index is 11.9. The number of aromatic nitrogens is 3. The predicted octanol–water partition coefficient (Wildman–Crippen LogP) is 2.50. The zero-order valence-electron chi connectivity index (χ0n) is 12.3. The minimum absolute atomic E-state index is 0.161. The number of nitrogen functional groups attached to an aromatic ring is 1. The van der Waals surface area contributed by atoms with E-state index < -0.39 is 0 Å². The van der Waals surface area contributed by atoms with E-state index >= 15 is 0 Å². The van der Waals surface area contributed by atoms with Gasteiger partial charge in [-0.15, -0.1) is 5.10 Å². The molecular formula is C17H15N5O. The molecule has 114 valence electrons. The van der Waals surface area contributed by atoms with Crippen molar-refractivity contribution in [2.24, 2.45) is 0 Å². The van der Waals surface area contributed by atoms with E-state index in [0.717, 1.165) is 11.3 Å². The van der Waals surface area contributed by atoms with Crippen LogP contribution in [0, 0.1) is 0 Å². The Balaban J connectivity index is 1.71. The van der Waals surface area contributed by atoms with E-state index in [1.807, 2.05) is 60.7 Å². The number of para-hydroxylation sites is 1. The first-order valence-corrected chi connectivity index (χ1v) is 7.04. The highest BCUT2D eigenvalue weighted by atomic mass is 16.1. The molecule has 6 nitrogen and oxygen atoms in total. The Hall–Kier alpha value is -3.41. The molecule has 0 atom stereocenters. The molecule has 23 heavy (non-hydrogen) atoms. The molecule has 2 aromatic carbocycles. The van der Waals surface area contributed by atoms with Crippen molar-refractivity contribution in [3.63, 3.8) is 0 Å². The Labute approximate surface area is 133 Å². The molecule has 3 rings (SSSR count). The minimum Gasteiger partial charge on any atom is -0.368 e. The third-order valence-corrected chi connectivity index (χ3v) is 3.09. The van der Waals surface area contributed by atoms with E-state index in [9.17, 15) is 4.79 Å². The lowest BCUT2D eigenvalue weighted by Gasteiger charge is -2.00. The topological polar surface area (TPSA) is 85.8 Å². The summed E-state index contributed by atoms with van der Waals surface area (Å²) >= 11 is 0. The van der Waals surface area contributed by atoms with Crippen LogP contribution in [0.5, 0.6) is 0 Å². The van der Waals surface area contributed by atoms with Gasteiger partial charge >= 0.3 is 0 Å². The smallest absolute Gasteiger partial charge is 0.251 e. The summed E-state index contributed by atoms with van der Waals surface area (Å²) in [5, 5.41) is 6.78. The SMILES string of the molecule is Nc1nc(NC(=O)/C=C\c2ccccc2)nn1-c1ccccc1. The van der Waals surface area contributed by atoms with E-state index in [1.54, 1.807) is 6.08 Å². The summed E-state index contributed by atoms with van der Waals surface area (Å²) in [5.41, 5.74) is 7.55. The second-order valence-electron chi connectivity index (χ2n) is 4.77. The fourth-order valence-electron chi connectivity index (χ4n) is 2.02. The Kier molecular flexibility index (Phi) is 4.15. The van der Waals surface area contributed by atoms with E-state index in [2.05, 4.69) is 15.4 Å². The average molecular weight is 305 g/mol. The van der Waals surface area contributed by atoms with Crippen molar-refractivity contribution in [1.29, 1.82) is 0 Å². The highest BCUT2D eigenvalue weighted by molar-refractivity contribution is 6.00. The molecule has 0 radical (unpaired) electrons. The second-order valence-corrected chi connectivity index (χ2v) is 4.77. The monoisotopic (exact) mass is 305 g/mol. The van der Waals surface area contributed by atoms with Crippen LogP contribution in [0.25, 0.3) is 11.8 Å². The summed E-state index contributed by atoms with van der Waals surface area (Å²) in [7, 11) is 0. The largest absolute Gasteiger partial charge is 0.368 e. The van der Waals surface area contributed by atoms with Crippen LogP contribution in [0.4, 0.5) is 11.9 Å². The summed E-state index contributed by atoms with van der Waals surface area (Å²) in [6, 6.07) is 18.9. The zero-order valence-corrected chi connectivity index (χ0v) is 12.3. The first-order valence-electron chi connectivity index (χ1n) is 7.04. The van der Waals surface area contributed by atoms with E-state index in [4.69, 9.17) is 5.73 Å². The van der Waals surface area contributed by atoms with Gasteiger partial charge in [0.2, 0.25) is 5.95 Å². The molecule has 1 amide bonds. The molecule has 1 aromatic heterocycles. The Morgan fingerprint density at radius 3 is 2.39 bits per heavy atom. The molecule has 3 N–H and O–H groups in total. The molecule has 3 aromatic rings. The molecule has 6 heteroatoms. The van der Waals surface area contributed by atoms with Crippen molar-refractivity contribution >= 4 is 23.9 Å². The zero-order chi connectivity index (χ0) is 16.1. The number of amides is 1. The average Bonchev–Trinajstić information content (AvgIpc) is 2.95. The number of benzene rings is 2. The van der Waals surface area contributed by atoms with Gasteiger partial charge in [-0.3, -0.25) is 10.1 Å². The molecule has 0 aliphatic heterocycles. The molecule has 0 saturated heterocycles. The lowest BCUT2D eigenvalue weighted by atomic mass is 10.2. The molecule has 1 heterocycles. The predicted molar refractivity (Wildman–Crippen MR) is 89.9 cm³/mol. The fourth-order valence-corrected chi connectivity index (χ4v) is 2.02. The number of nitrogens with zero attached hydrogens (tertiary/aromatic N) is 3. The normalized spacial score (nSPS) is 10.8. The van der Waals surface area contributed by atoms with Gasteiger partial charge in [0.05, 0.1) is 5.69 Å². The van der Waals surface area contributed by atoms with Gasteiger partial charge in [-0.2, -0.15) is 9.67 Å². The molecule has 0 aliphatic carbocycles. The first-order chi connectivity index (χ1) is 11.2. The number of anilines is 2. The van der Waals surface area contributed by atoms with Gasteiger partial charge in [-0.05, 0) is 23.8 Å². The number of nitrogens with one attached hydrogen (secondary N) is 1. The molecular weight excluding hydrogens is 290 g/mol. The van der Waals surface area contributed by atoms with Crippen molar-refractivity contribution in [3.8, 4) is 5.69 Å². The Morgan fingerprint density at radius 2 is 1.70 bits per heavy atom. The molecule has 0 spiro atoms. The summed E-state index contributed by atoms with van der Waals surface area (Å²) in [6.45, 7) is 0. The van der Waals surface area contributed by atoms with Crippen LogP contribution in [0.2, 0.25) is 0 Å². The van der Waals surface area contributed by atoms with Crippen LogP contribution < -0.4 is 11.1 Å². The van der Waals surface area contributed by atoms with Crippen molar-refractivity contribution in [1.82, 2.24) is 14.8 Å². The number of hydrogen-bond donors (Lipinski definition) is 2. The molecule has 0 bridgehead atoms. The highest BCUT2D eigenvalue weighted by Crippen LogP contribution is 2.13. The standard InChI is InChI=1S/C17H15N5O/c18-16-20-17(21-22(16)14-9-5-2-6-10-14)19-15(23)12-11-13-7-3-1-4-8-13/h1-12H,(H3,18,19,20,21,23)/b12-11-. The second kappa shape index (κ2) is 6.57. The van der Waals surface area contributed by atoms with E-state index in [-0.39, 0.29) is 17.8 Å². The van der Waals surface area contributed by atoms with Gasteiger partial charge in [0, 0.05) is 6.08 Å². The van der Waals surface area contributed by atoms with Gasteiger partial charge < -0.3 is 5.73 Å². The number of rotatable bonds is 4. The van der Waals surface area contributed by atoms with Gasteiger partial charge in [-0.25, -0.2) is 0 Å². The quantitative estimate of drug-likeness (QED) is 0.725. The molecule has 0 aliphatic rings. The van der Waals surface area contributed by atoms with Gasteiger partial charge in [-0.1, -0.05) is 48.5 Å². The molecule has 0 saturated carbocycles. The van der Waals surface area contributed by atoms with Crippen molar-refractivity contribution in [2.75, 3.05) is 11.1 Å². The van der Waals surface area contributed by atoms with Crippen LogP contribution >= 0.6 is 0 Å². The molecule has 0 unspecified atom stereocenters. The Bertz CT molecular complexity index is 825. The minimum atomic E-state index is -0.320.